The molecule has 1 aromatic heterocycles. The lowest BCUT2D eigenvalue weighted by Gasteiger charge is -2.42. The molecule has 3 aliphatic rings. The zero-order valence-electron chi connectivity index (χ0n) is 14.7. The van der Waals surface area contributed by atoms with Gasteiger partial charge < -0.3 is 14.4 Å². The molecule has 3 fully saturated rings. The number of amides is 1. The van der Waals surface area contributed by atoms with E-state index < -0.39 is 0 Å². The Balaban J connectivity index is 1.29. The lowest BCUT2D eigenvalue weighted by Crippen LogP contribution is -2.53. The van der Waals surface area contributed by atoms with Gasteiger partial charge in [0.2, 0.25) is 5.88 Å². The van der Waals surface area contributed by atoms with E-state index >= 15 is 0 Å². The molecule has 1 amide bonds. The van der Waals surface area contributed by atoms with Crippen molar-refractivity contribution in [3.8, 4) is 5.88 Å². The Morgan fingerprint density at radius 2 is 1.84 bits per heavy atom. The Bertz CT molecular complexity index is 574. The van der Waals surface area contributed by atoms with E-state index in [1.54, 1.807) is 6.20 Å². The molecule has 1 aliphatic carbocycles. The van der Waals surface area contributed by atoms with Crippen LogP contribution >= 0.6 is 0 Å². The molecule has 0 atom stereocenters. The van der Waals surface area contributed by atoms with Gasteiger partial charge in [0.1, 0.15) is 6.10 Å². The maximum atomic E-state index is 12.7. The third kappa shape index (κ3) is 3.96. The van der Waals surface area contributed by atoms with Crippen molar-refractivity contribution in [1.29, 1.82) is 0 Å². The third-order valence-electron chi connectivity index (χ3n) is 5.63. The molecule has 1 saturated carbocycles. The largest absolute Gasteiger partial charge is 0.474 e. The highest BCUT2D eigenvalue weighted by Crippen LogP contribution is 2.26. The van der Waals surface area contributed by atoms with Gasteiger partial charge in [-0.2, -0.15) is 0 Å². The van der Waals surface area contributed by atoms with E-state index in [1.807, 2.05) is 17.0 Å². The molecule has 6 nitrogen and oxygen atoms in total. The Morgan fingerprint density at radius 1 is 1.08 bits per heavy atom. The van der Waals surface area contributed by atoms with Gasteiger partial charge in [-0.15, -0.1) is 0 Å². The molecule has 0 N–H and O–H groups in total. The quantitative estimate of drug-likeness (QED) is 0.835. The number of carbonyl (C=O) groups is 1. The summed E-state index contributed by atoms with van der Waals surface area (Å²) in [4.78, 5) is 21.5. The number of hydrogen-bond donors (Lipinski definition) is 0. The zero-order chi connectivity index (χ0) is 17.1. The summed E-state index contributed by atoms with van der Waals surface area (Å²) in [5.41, 5.74) is 0.649. The van der Waals surface area contributed by atoms with Crippen LogP contribution in [0.15, 0.2) is 18.3 Å². The molecule has 0 spiro atoms. The summed E-state index contributed by atoms with van der Waals surface area (Å²) in [7, 11) is 0. The lowest BCUT2D eigenvalue weighted by molar-refractivity contribution is 0.0237. The molecule has 3 heterocycles. The molecule has 6 heteroatoms. The van der Waals surface area contributed by atoms with Gasteiger partial charge in [0.05, 0.1) is 18.8 Å². The van der Waals surface area contributed by atoms with E-state index in [9.17, 15) is 4.79 Å². The molecule has 136 valence electrons. The van der Waals surface area contributed by atoms with Crippen LogP contribution in [0.3, 0.4) is 0 Å². The van der Waals surface area contributed by atoms with E-state index in [2.05, 4.69) is 9.88 Å². The van der Waals surface area contributed by atoms with Crippen molar-refractivity contribution in [1.82, 2.24) is 14.8 Å². The van der Waals surface area contributed by atoms with Crippen LogP contribution in [-0.2, 0) is 4.74 Å². The summed E-state index contributed by atoms with van der Waals surface area (Å²) < 4.78 is 11.2. The maximum Gasteiger partial charge on any atom is 0.255 e. The van der Waals surface area contributed by atoms with Crippen molar-refractivity contribution in [2.45, 2.75) is 44.2 Å². The summed E-state index contributed by atoms with van der Waals surface area (Å²) >= 11 is 0. The summed E-state index contributed by atoms with van der Waals surface area (Å²) in [6.45, 7) is 5.11. The summed E-state index contributed by atoms with van der Waals surface area (Å²) in [6.07, 6.45) is 7.62. The number of ether oxygens (including phenoxy) is 2. The van der Waals surface area contributed by atoms with Gasteiger partial charge >= 0.3 is 0 Å². The average molecular weight is 345 g/mol. The smallest absolute Gasteiger partial charge is 0.255 e. The van der Waals surface area contributed by atoms with Crippen LogP contribution in [0.25, 0.3) is 0 Å². The first kappa shape index (κ1) is 16.8. The first-order valence-corrected chi connectivity index (χ1v) is 9.53. The second-order valence-corrected chi connectivity index (χ2v) is 7.23. The van der Waals surface area contributed by atoms with E-state index in [-0.39, 0.29) is 12.0 Å². The van der Waals surface area contributed by atoms with Gasteiger partial charge in [0.15, 0.2) is 0 Å². The van der Waals surface area contributed by atoms with Crippen LogP contribution in [0, 0.1) is 0 Å². The maximum absolute atomic E-state index is 12.7. The average Bonchev–Trinajstić information content (AvgIpc) is 2.62. The fourth-order valence-electron chi connectivity index (χ4n) is 3.77. The minimum atomic E-state index is 0.0818. The monoisotopic (exact) mass is 345 g/mol. The number of piperazine rings is 1. The van der Waals surface area contributed by atoms with Gasteiger partial charge in [0, 0.05) is 57.3 Å². The molecule has 2 saturated heterocycles. The fourth-order valence-corrected chi connectivity index (χ4v) is 3.77. The van der Waals surface area contributed by atoms with Gasteiger partial charge in [0.25, 0.3) is 5.91 Å². The van der Waals surface area contributed by atoms with Crippen molar-refractivity contribution in [3.63, 3.8) is 0 Å². The molecule has 0 aromatic carbocycles. The molecule has 2 aliphatic heterocycles. The molecular formula is C19H27N3O3. The topological polar surface area (TPSA) is 54.9 Å². The van der Waals surface area contributed by atoms with Gasteiger partial charge in [-0.05, 0) is 18.9 Å². The molecule has 0 unspecified atom stereocenters. The van der Waals surface area contributed by atoms with Crippen LogP contribution in [0.5, 0.6) is 5.88 Å². The SMILES string of the molecule is O=C(c1ccc(OC2CCOCC2)nc1)N1CCN(C2CCC2)CC1. The van der Waals surface area contributed by atoms with E-state index in [1.165, 1.54) is 19.3 Å². The number of carbonyl (C=O) groups excluding carboxylic acids is 1. The van der Waals surface area contributed by atoms with Gasteiger partial charge in [-0.25, -0.2) is 4.98 Å². The third-order valence-corrected chi connectivity index (χ3v) is 5.63. The predicted molar refractivity (Wildman–Crippen MR) is 93.8 cm³/mol. The summed E-state index contributed by atoms with van der Waals surface area (Å²) in [5, 5.41) is 0. The van der Waals surface area contributed by atoms with Crippen molar-refractivity contribution in [3.05, 3.63) is 23.9 Å². The fraction of sp³-hybridized carbons (Fsp3) is 0.684. The highest BCUT2D eigenvalue weighted by molar-refractivity contribution is 5.94. The Kier molecular flexibility index (Phi) is 5.17. The summed E-state index contributed by atoms with van der Waals surface area (Å²) in [6, 6.07) is 4.41. The van der Waals surface area contributed by atoms with Crippen LogP contribution in [0.4, 0.5) is 0 Å². The second kappa shape index (κ2) is 7.70. The molecule has 0 bridgehead atoms. The lowest BCUT2D eigenvalue weighted by atomic mass is 9.91. The highest BCUT2D eigenvalue weighted by Gasteiger charge is 2.29. The van der Waals surface area contributed by atoms with Crippen LogP contribution < -0.4 is 4.74 Å². The van der Waals surface area contributed by atoms with E-state index in [0.29, 0.717) is 11.4 Å². The number of nitrogens with zero attached hydrogens (tertiary/aromatic N) is 3. The number of aromatic nitrogens is 1. The second-order valence-electron chi connectivity index (χ2n) is 7.23. The Labute approximate surface area is 149 Å². The van der Waals surface area contributed by atoms with Crippen molar-refractivity contribution < 1.29 is 14.3 Å². The molecular weight excluding hydrogens is 318 g/mol. The zero-order valence-corrected chi connectivity index (χ0v) is 14.7. The number of pyridine rings is 1. The van der Waals surface area contributed by atoms with Crippen LogP contribution in [-0.4, -0.2) is 72.2 Å². The van der Waals surface area contributed by atoms with Crippen LogP contribution in [0.2, 0.25) is 0 Å². The highest BCUT2D eigenvalue weighted by atomic mass is 16.5. The minimum Gasteiger partial charge on any atom is -0.474 e. The van der Waals surface area contributed by atoms with Crippen LogP contribution in [0.1, 0.15) is 42.5 Å². The predicted octanol–water partition coefficient (Wildman–Crippen LogP) is 1.95. The standard InChI is InChI=1S/C19H27N3O3/c23-19(22-10-8-21(9-11-22)16-2-1-3-16)15-4-5-18(20-14-15)25-17-6-12-24-13-7-17/h4-5,14,16-17H,1-3,6-13H2. The van der Waals surface area contributed by atoms with Crippen molar-refractivity contribution >= 4 is 5.91 Å². The molecule has 4 rings (SSSR count). The van der Waals surface area contributed by atoms with Gasteiger partial charge in [-0.3, -0.25) is 9.69 Å². The van der Waals surface area contributed by atoms with Gasteiger partial charge in [-0.1, -0.05) is 6.42 Å². The van der Waals surface area contributed by atoms with E-state index in [0.717, 1.165) is 58.3 Å². The molecule has 0 radical (unpaired) electrons. The Morgan fingerprint density at radius 3 is 2.44 bits per heavy atom. The molecule has 25 heavy (non-hydrogen) atoms. The first-order chi connectivity index (χ1) is 12.3. The van der Waals surface area contributed by atoms with Crippen molar-refractivity contribution in [2.75, 3.05) is 39.4 Å². The summed E-state index contributed by atoms with van der Waals surface area (Å²) in [5.74, 6) is 0.677. The van der Waals surface area contributed by atoms with E-state index in [4.69, 9.17) is 9.47 Å². The van der Waals surface area contributed by atoms with Crippen molar-refractivity contribution in [2.24, 2.45) is 0 Å². The number of rotatable bonds is 4. The Hall–Kier alpha value is -1.66. The number of hydrogen-bond acceptors (Lipinski definition) is 5. The normalized spacial score (nSPS) is 23.3. The minimum absolute atomic E-state index is 0.0818. The molecule has 1 aromatic rings. The first-order valence-electron chi connectivity index (χ1n) is 9.53.